The number of nitrogens with zero attached hydrogens (tertiary/aromatic N) is 1. The van der Waals surface area contributed by atoms with Gasteiger partial charge in [0.15, 0.2) is 11.5 Å². The van der Waals surface area contributed by atoms with Gasteiger partial charge in [0.25, 0.3) is 5.69 Å². The summed E-state index contributed by atoms with van der Waals surface area (Å²) >= 11 is 0. The summed E-state index contributed by atoms with van der Waals surface area (Å²) in [5.74, 6) is -0.456. The van der Waals surface area contributed by atoms with Crippen LogP contribution in [0.2, 0.25) is 0 Å². The number of carboxylic acids is 1. The fourth-order valence-electron chi connectivity index (χ4n) is 1.50. The molecule has 1 aromatic rings. The van der Waals surface area contributed by atoms with Gasteiger partial charge in [-0.25, -0.2) is 4.79 Å². The van der Waals surface area contributed by atoms with Crippen LogP contribution < -0.4 is 9.47 Å². The average Bonchev–Trinajstić information content (AvgIpc) is 2.43. The summed E-state index contributed by atoms with van der Waals surface area (Å²) in [5.41, 5.74) is 0.135. The van der Waals surface area contributed by atoms with E-state index in [2.05, 4.69) is 0 Å². The minimum absolute atomic E-state index is 0.0453. The fraction of sp³-hybridized carbons (Fsp3) is 0.308. The zero-order valence-electron chi connectivity index (χ0n) is 11.2. The molecule has 0 saturated heterocycles. The van der Waals surface area contributed by atoms with Gasteiger partial charge in [-0.1, -0.05) is 6.92 Å². The van der Waals surface area contributed by atoms with Crippen molar-refractivity contribution in [3.63, 3.8) is 0 Å². The minimum atomic E-state index is -0.994. The number of carbonyl (C=O) groups is 1. The molecule has 20 heavy (non-hydrogen) atoms. The Kier molecular flexibility index (Phi) is 5.52. The van der Waals surface area contributed by atoms with Gasteiger partial charge in [0.2, 0.25) is 0 Å². The third kappa shape index (κ3) is 3.98. The van der Waals surface area contributed by atoms with Gasteiger partial charge in [-0.05, 0) is 18.6 Å². The van der Waals surface area contributed by atoms with E-state index in [4.69, 9.17) is 14.6 Å². The molecule has 0 fully saturated rings. The molecule has 0 spiro atoms. The maximum absolute atomic E-state index is 10.8. The number of nitro groups is 1. The van der Waals surface area contributed by atoms with Gasteiger partial charge in [-0.15, -0.1) is 0 Å². The lowest BCUT2D eigenvalue weighted by Crippen LogP contribution is -2.03. The third-order valence-electron chi connectivity index (χ3n) is 2.58. The number of ether oxygens (including phenoxy) is 2. The predicted octanol–water partition coefficient (Wildman–Crippen LogP) is 2.40. The maximum Gasteiger partial charge on any atom is 0.331 e. The van der Waals surface area contributed by atoms with Crippen molar-refractivity contribution in [1.29, 1.82) is 0 Å². The van der Waals surface area contributed by atoms with Crippen molar-refractivity contribution < 1.29 is 24.3 Å². The van der Waals surface area contributed by atoms with Crippen molar-refractivity contribution in [2.24, 2.45) is 0 Å². The summed E-state index contributed by atoms with van der Waals surface area (Å²) in [5, 5.41) is 19.5. The van der Waals surface area contributed by atoms with Crippen LogP contribution in [0.4, 0.5) is 5.69 Å². The molecule has 0 saturated carbocycles. The lowest BCUT2D eigenvalue weighted by molar-refractivity contribution is -0.384. The normalized spacial score (nSPS) is 11.0. The molecule has 0 heterocycles. The number of methoxy groups -OCH3 is 1. The number of nitro benzene ring substituents is 1. The smallest absolute Gasteiger partial charge is 0.331 e. The Morgan fingerprint density at radius 3 is 2.65 bits per heavy atom. The largest absolute Gasteiger partial charge is 0.493 e. The zero-order valence-corrected chi connectivity index (χ0v) is 11.2. The summed E-state index contributed by atoms with van der Waals surface area (Å²) in [6, 6.07) is 3.95. The van der Waals surface area contributed by atoms with Crippen molar-refractivity contribution in [1.82, 2.24) is 0 Å². The average molecular weight is 281 g/mol. The Labute approximate surface area is 115 Å². The number of carboxylic acid groups (broad SMARTS) is 1. The van der Waals surface area contributed by atoms with E-state index in [1.165, 1.54) is 31.4 Å². The molecule has 0 aromatic heterocycles. The lowest BCUT2D eigenvalue weighted by Gasteiger charge is -2.09. The number of non-ortho nitro benzene ring substituents is 1. The molecule has 1 rings (SSSR count). The summed E-state index contributed by atoms with van der Waals surface area (Å²) in [4.78, 5) is 20.9. The fourth-order valence-corrected chi connectivity index (χ4v) is 1.50. The highest BCUT2D eigenvalue weighted by Gasteiger charge is 2.12. The molecule has 1 N–H and O–H groups in total. The van der Waals surface area contributed by atoms with Crippen LogP contribution in [-0.4, -0.2) is 29.7 Å². The molecule has 0 aliphatic carbocycles. The first-order valence-corrected chi connectivity index (χ1v) is 5.87. The zero-order chi connectivity index (χ0) is 15.1. The second kappa shape index (κ2) is 7.13. The highest BCUT2D eigenvalue weighted by Crippen LogP contribution is 2.31. The third-order valence-corrected chi connectivity index (χ3v) is 2.58. The number of hydrogen-bond acceptors (Lipinski definition) is 5. The first-order chi connectivity index (χ1) is 9.49. The van der Waals surface area contributed by atoms with Crippen LogP contribution in [0.3, 0.4) is 0 Å². The van der Waals surface area contributed by atoms with Crippen LogP contribution in [0.25, 0.3) is 0 Å². The maximum atomic E-state index is 10.8. The Balaban J connectivity index is 2.83. The van der Waals surface area contributed by atoms with Gasteiger partial charge in [0.1, 0.15) is 6.61 Å². The second-order valence-electron chi connectivity index (χ2n) is 3.79. The first kappa shape index (κ1) is 15.5. The molecular weight excluding hydrogens is 266 g/mol. The van der Waals surface area contributed by atoms with Gasteiger partial charge in [-0.2, -0.15) is 0 Å². The van der Waals surface area contributed by atoms with E-state index < -0.39 is 10.9 Å². The molecule has 0 aliphatic rings. The lowest BCUT2D eigenvalue weighted by atomic mass is 10.2. The van der Waals surface area contributed by atoms with Gasteiger partial charge in [-0.3, -0.25) is 10.1 Å². The van der Waals surface area contributed by atoms with Gasteiger partial charge < -0.3 is 14.6 Å². The highest BCUT2D eigenvalue weighted by atomic mass is 16.6. The van der Waals surface area contributed by atoms with E-state index in [1.807, 2.05) is 0 Å². The second-order valence-corrected chi connectivity index (χ2v) is 3.79. The van der Waals surface area contributed by atoms with Crippen LogP contribution in [0.5, 0.6) is 11.5 Å². The quantitative estimate of drug-likeness (QED) is 0.468. The molecule has 0 amide bonds. The SMILES string of the molecule is CCC(=CCOc1ccc([N+](=O)[O-])cc1OC)C(=O)O. The first-order valence-electron chi connectivity index (χ1n) is 5.87. The van der Waals surface area contributed by atoms with E-state index in [-0.39, 0.29) is 23.6 Å². The molecule has 0 atom stereocenters. The molecule has 0 aliphatic heterocycles. The summed E-state index contributed by atoms with van der Waals surface area (Å²) in [7, 11) is 1.37. The van der Waals surface area contributed by atoms with Gasteiger partial charge >= 0.3 is 5.97 Å². The summed E-state index contributed by atoms with van der Waals surface area (Å²) in [6.07, 6.45) is 1.83. The molecule has 7 heteroatoms. The van der Waals surface area contributed by atoms with Crippen LogP contribution in [-0.2, 0) is 4.79 Å². The van der Waals surface area contributed by atoms with Crippen molar-refractivity contribution in [2.75, 3.05) is 13.7 Å². The van der Waals surface area contributed by atoms with Crippen molar-refractivity contribution in [2.45, 2.75) is 13.3 Å². The molecule has 0 unspecified atom stereocenters. The van der Waals surface area contributed by atoms with Crippen LogP contribution in [0.15, 0.2) is 29.8 Å². The van der Waals surface area contributed by atoms with Crippen LogP contribution in [0.1, 0.15) is 13.3 Å². The number of rotatable bonds is 7. The number of hydrogen-bond donors (Lipinski definition) is 1. The molecule has 1 aromatic carbocycles. The predicted molar refractivity (Wildman–Crippen MR) is 71.2 cm³/mol. The van der Waals surface area contributed by atoms with E-state index in [0.717, 1.165) is 0 Å². The van der Waals surface area contributed by atoms with Crippen molar-refractivity contribution in [3.8, 4) is 11.5 Å². The number of benzene rings is 1. The van der Waals surface area contributed by atoms with Crippen molar-refractivity contribution >= 4 is 11.7 Å². The number of aliphatic carboxylic acids is 1. The van der Waals surface area contributed by atoms with Crippen LogP contribution >= 0.6 is 0 Å². The Bertz CT molecular complexity index is 538. The van der Waals surface area contributed by atoms with Crippen LogP contribution in [0, 0.1) is 10.1 Å². The molecule has 0 radical (unpaired) electrons. The Morgan fingerprint density at radius 1 is 1.45 bits per heavy atom. The molecule has 108 valence electrons. The topological polar surface area (TPSA) is 98.9 Å². The van der Waals surface area contributed by atoms with Crippen molar-refractivity contribution in [3.05, 3.63) is 40.0 Å². The van der Waals surface area contributed by atoms with Gasteiger partial charge in [0.05, 0.1) is 18.1 Å². The molecule has 7 nitrogen and oxygen atoms in total. The molecule has 0 bridgehead atoms. The summed E-state index contributed by atoms with van der Waals surface area (Å²) in [6.45, 7) is 1.77. The van der Waals surface area contributed by atoms with E-state index >= 15 is 0 Å². The van der Waals surface area contributed by atoms with E-state index in [1.54, 1.807) is 6.92 Å². The van der Waals surface area contributed by atoms with E-state index in [0.29, 0.717) is 12.2 Å². The Morgan fingerprint density at radius 2 is 2.15 bits per heavy atom. The van der Waals surface area contributed by atoms with E-state index in [9.17, 15) is 14.9 Å². The monoisotopic (exact) mass is 281 g/mol. The standard InChI is InChI=1S/C13H15NO6/c1-3-9(13(15)16)6-7-20-11-5-4-10(14(17)18)8-12(11)19-2/h4-6,8H,3,7H2,1-2H3,(H,15,16). The van der Waals surface area contributed by atoms with Gasteiger partial charge in [0, 0.05) is 11.6 Å². The highest BCUT2D eigenvalue weighted by molar-refractivity contribution is 5.86. The molecular formula is C13H15NO6. The minimum Gasteiger partial charge on any atom is -0.493 e. The summed E-state index contributed by atoms with van der Waals surface area (Å²) < 4.78 is 10.4. The Hall–Kier alpha value is -2.57.